The van der Waals surface area contributed by atoms with Gasteiger partial charge < -0.3 is 11.1 Å². The molecular formula is C6H10N2. The largest absolute Gasteiger partial charge is 0.391 e. The van der Waals surface area contributed by atoms with E-state index in [1.807, 2.05) is 6.20 Å². The molecule has 0 aromatic rings. The lowest BCUT2D eigenvalue weighted by molar-refractivity contribution is 0.631. The second-order valence-electron chi connectivity index (χ2n) is 2.76. The second kappa shape index (κ2) is 1.08. The maximum atomic E-state index is 5.83. The third-order valence-electron chi connectivity index (χ3n) is 2.08. The van der Waals surface area contributed by atoms with Gasteiger partial charge in [-0.05, 0) is 24.6 Å². The van der Waals surface area contributed by atoms with Crippen molar-refractivity contribution in [3.63, 3.8) is 0 Å². The lowest BCUT2D eigenvalue weighted by Crippen LogP contribution is -2.30. The van der Waals surface area contributed by atoms with Gasteiger partial charge in [0.2, 0.25) is 0 Å². The maximum Gasteiger partial charge on any atom is 0.0406 e. The molecule has 3 N–H and O–H groups in total. The molecule has 8 heavy (non-hydrogen) atoms. The highest BCUT2D eigenvalue weighted by atomic mass is 15.0. The Morgan fingerprint density at radius 2 is 2.62 bits per heavy atom. The Hall–Kier alpha value is -0.500. The topological polar surface area (TPSA) is 38.0 Å². The van der Waals surface area contributed by atoms with Crippen LogP contribution in [0.25, 0.3) is 0 Å². The van der Waals surface area contributed by atoms with Crippen LogP contribution in [-0.4, -0.2) is 12.1 Å². The van der Waals surface area contributed by atoms with Crippen molar-refractivity contribution in [3.8, 4) is 0 Å². The Morgan fingerprint density at radius 1 is 1.75 bits per heavy atom. The fraction of sp³-hybridized carbons (Fsp3) is 0.667. The zero-order valence-electron chi connectivity index (χ0n) is 4.72. The summed E-state index contributed by atoms with van der Waals surface area (Å²) in [6.45, 7) is 1.08. The molecule has 0 amide bonds. The second-order valence-corrected chi connectivity index (χ2v) is 2.76. The minimum atomic E-state index is 0.102. The Bertz CT molecular complexity index is 139. The summed E-state index contributed by atoms with van der Waals surface area (Å²) < 4.78 is 0. The molecule has 1 aliphatic heterocycles. The molecule has 2 nitrogen and oxygen atoms in total. The Balaban J connectivity index is 2.22. The highest BCUT2D eigenvalue weighted by Crippen LogP contribution is 2.42. The highest BCUT2D eigenvalue weighted by molar-refractivity contribution is 5.23. The van der Waals surface area contributed by atoms with Gasteiger partial charge in [0, 0.05) is 12.1 Å². The van der Waals surface area contributed by atoms with E-state index in [-0.39, 0.29) is 5.54 Å². The van der Waals surface area contributed by atoms with Crippen LogP contribution in [0.4, 0.5) is 0 Å². The van der Waals surface area contributed by atoms with E-state index >= 15 is 0 Å². The van der Waals surface area contributed by atoms with E-state index in [0.717, 1.165) is 12.5 Å². The fourth-order valence-electron chi connectivity index (χ4n) is 1.26. The molecular weight excluding hydrogens is 100 g/mol. The van der Waals surface area contributed by atoms with Crippen molar-refractivity contribution in [1.29, 1.82) is 0 Å². The first kappa shape index (κ1) is 4.39. The molecule has 44 valence electrons. The van der Waals surface area contributed by atoms with Crippen LogP contribution < -0.4 is 11.1 Å². The van der Waals surface area contributed by atoms with Crippen LogP contribution in [0.15, 0.2) is 12.3 Å². The summed E-state index contributed by atoms with van der Waals surface area (Å²) in [5.74, 6) is 0.729. The van der Waals surface area contributed by atoms with Crippen molar-refractivity contribution in [2.45, 2.75) is 12.0 Å². The number of nitrogens with two attached hydrogens (primary N) is 1. The van der Waals surface area contributed by atoms with Crippen LogP contribution in [0.3, 0.4) is 0 Å². The lowest BCUT2D eigenvalue weighted by atomic mass is 10.2. The molecule has 0 aromatic carbocycles. The van der Waals surface area contributed by atoms with Crippen molar-refractivity contribution in [3.05, 3.63) is 12.3 Å². The van der Waals surface area contributed by atoms with Gasteiger partial charge in [-0.25, -0.2) is 0 Å². The zero-order valence-corrected chi connectivity index (χ0v) is 4.72. The SMILES string of the molecule is NC12C=CNCC1C2. The molecule has 1 aliphatic carbocycles. The molecule has 0 saturated heterocycles. The van der Waals surface area contributed by atoms with Gasteiger partial charge in [0.15, 0.2) is 0 Å². The number of nitrogens with one attached hydrogen (secondary N) is 1. The number of rotatable bonds is 0. The quantitative estimate of drug-likeness (QED) is 0.454. The van der Waals surface area contributed by atoms with Crippen LogP contribution in [0.5, 0.6) is 0 Å². The van der Waals surface area contributed by atoms with Gasteiger partial charge >= 0.3 is 0 Å². The van der Waals surface area contributed by atoms with Gasteiger partial charge in [0.1, 0.15) is 0 Å². The third-order valence-corrected chi connectivity index (χ3v) is 2.08. The number of fused-ring (bicyclic) bond motifs is 1. The summed E-state index contributed by atoms with van der Waals surface area (Å²) in [6, 6.07) is 0. The first-order chi connectivity index (χ1) is 3.81. The molecule has 1 heterocycles. The summed E-state index contributed by atoms with van der Waals surface area (Å²) in [6.07, 6.45) is 5.21. The molecule has 1 saturated carbocycles. The third kappa shape index (κ3) is 0.409. The van der Waals surface area contributed by atoms with E-state index in [1.54, 1.807) is 0 Å². The smallest absolute Gasteiger partial charge is 0.0406 e. The minimum absolute atomic E-state index is 0.102. The van der Waals surface area contributed by atoms with Crippen molar-refractivity contribution in [2.75, 3.05) is 6.54 Å². The van der Waals surface area contributed by atoms with Crippen LogP contribution in [0.1, 0.15) is 6.42 Å². The van der Waals surface area contributed by atoms with E-state index in [2.05, 4.69) is 11.4 Å². The normalized spacial score (nSPS) is 49.9. The first-order valence-corrected chi connectivity index (χ1v) is 3.01. The maximum absolute atomic E-state index is 5.83. The van der Waals surface area contributed by atoms with Crippen LogP contribution >= 0.6 is 0 Å². The van der Waals surface area contributed by atoms with Crippen molar-refractivity contribution < 1.29 is 0 Å². The van der Waals surface area contributed by atoms with Crippen molar-refractivity contribution in [1.82, 2.24) is 5.32 Å². The summed E-state index contributed by atoms with van der Waals surface area (Å²) in [5.41, 5.74) is 5.93. The molecule has 2 rings (SSSR count). The summed E-state index contributed by atoms with van der Waals surface area (Å²) in [5, 5.41) is 3.14. The van der Waals surface area contributed by atoms with Gasteiger partial charge in [-0.1, -0.05) is 0 Å². The van der Waals surface area contributed by atoms with E-state index < -0.39 is 0 Å². The molecule has 2 unspecified atom stereocenters. The zero-order chi connectivity index (χ0) is 5.61. The fourth-order valence-corrected chi connectivity index (χ4v) is 1.26. The van der Waals surface area contributed by atoms with Gasteiger partial charge in [-0.15, -0.1) is 0 Å². The predicted molar refractivity (Wildman–Crippen MR) is 32.2 cm³/mol. The Morgan fingerprint density at radius 3 is 3.12 bits per heavy atom. The van der Waals surface area contributed by atoms with Gasteiger partial charge in [0.25, 0.3) is 0 Å². The number of hydrogen-bond donors (Lipinski definition) is 2. The monoisotopic (exact) mass is 110 g/mol. The molecule has 0 radical (unpaired) electrons. The average Bonchev–Trinajstić information content (AvgIpc) is 2.39. The highest BCUT2D eigenvalue weighted by Gasteiger charge is 2.49. The van der Waals surface area contributed by atoms with E-state index in [9.17, 15) is 0 Å². The lowest BCUT2D eigenvalue weighted by Gasteiger charge is -2.10. The molecule has 2 aliphatic rings. The standard InChI is InChI=1S/C6H10N2/c7-6-1-2-8-4-5(6)3-6/h1-2,5,8H,3-4,7H2. The average molecular weight is 110 g/mol. The summed E-state index contributed by atoms with van der Waals surface area (Å²) in [4.78, 5) is 0. The van der Waals surface area contributed by atoms with Crippen LogP contribution in [0, 0.1) is 5.92 Å². The van der Waals surface area contributed by atoms with Gasteiger partial charge in [-0.3, -0.25) is 0 Å². The van der Waals surface area contributed by atoms with Crippen LogP contribution in [-0.2, 0) is 0 Å². The predicted octanol–water partition coefficient (Wildman–Crippen LogP) is -0.179. The molecule has 1 fully saturated rings. The molecule has 2 atom stereocenters. The Labute approximate surface area is 48.8 Å². The number of hydrogen-bond acceptors (Lipinski definition) is 2. The van der Waals surface area contributed by atoms with Crippen molar-refractivity contribution in [2.24, 2.45) is 11.7 Å². The van der Waals surface area contributed by atoms with E-state index in [4.69, 9.17) is 5.73 Å². The first-order valence-electron chi connectivity index (χ1n) is 3.01. The minimum Gasteiger partial charge on any atom is -0.391 e. The summed E-state index contributed by atoms with van der Waals surface area (Å²) in [7, 11) is 0. The molecule has 0 aromatic heterocycles. The molecule has 2 heteroatoms. The van der Waals surface area contributed by atoms with Gasteiger partial charge in [0.05, 0.1) is 0 Å². The molecule has 0 spiro atoms. The van der Waals surface area contributed by atoms with Crippen LogP contribution in [0.2, 0.25) is 0 Å². The van der Waals surface area contributed by atoms with Gasteiger partial charge in [-0.2, -0.15) is 0 Å². The molecule has 0 bridgehead atoms. The van der Waals surface area contributed by atoms with Crippen molar-refractivity contribution >= 4 is 0 Å². The Kier molecular flexibility index (Phi) is 0.591. The van der Waals surface area contributed by atoms with E-state index in [0.29, 0.717) is 0 Å². The van der Waals surface area contributed by atoms with E-state index in [1.165, 1.54) is 6.42 Å². The summed E-state index contributed by atoms with van der Waals surface area (Å²) >= 11 is 0.